The van der Waals surface area contributed by atoms with Crippen LogP contribution >= 0.6 is 0 Å². The Bertz CT molecular complexity index is 2000. The van der Waals surface area contributed by atoms with Crippen LogP contribution in [0.1, 0.15) is 18.1 Å². The molecule has 0 saturated carbocycles. The number of sulfone groups is 1. The van der Waals surface area contributed by atoms with Crippen molar-refractivity contribution in [2.45, 2.75) is 19.9 Å². The van der Waals surface area contributed by atoms with Crippen molar-refractivity contribution in [1.29, 1.82) is 0 Å². The second-order valence-electron chi connectivity index (χ2n) is 9.95. The molecule has 0 unspecified atom stereocenters. The number of imidazole rings is 1. The van der Waals surface area contributed by atoms with Crippen molar-refractivity contribution in [3.8, 4) is 33.8 Å². The van der Waals surface area contributed by atoms with Crippen molar-refractivity contribution < 1.29 is 12.8 Å². The van der Waals surface area contributed by atoms with Crippen LogP contribution in [-0.2, 0) is 22.8 Å². The highest BCUT2D eigenvalue weighted by Gasteiger charge is 2.17. The molecule has 208 valence electrons. The number of H-pyrrole nitrogens is 2. The first-order chi connectivity index (χ1) is 19.8. The van der Waals surface area contributed by atoms with Gasteiger partial charge in [-0.2, -0.15) is 5.10 Å². The number of hydrogen-bond acceptors (Lipinski definition) is 8. The third kappa shape index (κ3) is 5.70. The molecule has 0 amide bonds. The zero-order valence-corrected chi connectivity index (χ0v) is 23.3. The van der Waals surface area contributed by atoms with E-state index >= 15 is 0 Å². The molecule has 0 bridgehead atoms. The van der Waals surface area contributed by atoms with Gasteiger partial charge in [0.05, 0.1) is 28.4 Å². The lowest BCUT2D eigenvalue weighted by atomic mass is 10.0. The normalized spacial score (nSPS) is 12.0. The van der Waals surface area contributed by atoms with Crippen LogP contribution in [0.25, 0.3) is 55.8 Å². The zero-order valence-electron chi connectivity index (χ0n) is 22.4. The molecule has 0 spiro atoms. The highest BCUT2D eigenvalue weighted by Crippen LogP contribution is 2.32. The largest absolute Gasteiger partial charge is 0.335 e. The number of nitrogens with one attached hydrogen (secondary N) is 3. The minimum Gasteiger partial charge on any atom is -0.335 e. The van der Waals surface area contributed by atoms with E-state index in [1.807, 2.05) is 12.3 Å². The Morgan fingerprint density at radius 1 is 0.927 bits per heavy atom. The SMILES string of the molecule is CCNCc1cncc(-c2cnc3n[nH]c(-c4nc5c(-c6cc(F)cc(CCS(C)(=O)=O)c6)cncc5[nH]4)c3c2)c1. The lowest BCUT2D eigenvalue weighted by molar-refractivity contribution is 0.600. The fourth-order valence-corrected chi connectivity index (χ4v) is 5.37. The molecule has 41 heavy (non-hydrogen) atoms. The van der Waals surface area contributed by atoms with E-state index in [4.69, 9.17) is 4.98 Å². The first-order valence-corrected chi connectivity index (χ1v) is 15.1. The number of halogens is 1. The Kier molecular flexibility index (Phi) is 7.01. The smallest absolute Gasteiger partial charge is 0.181 e. The molecule has 0 radical (unpaired) electrons. The summed E-state index contributed by atoms with van der Waals surface area (Å²) < 4.78 is 37.9. The third-order valence-electron chi connectivity index (χ3n) is 6.78. The lowest BCUT2D eigenvalue weighted by Crippen LogP contribution is -2.11. The van der Waals surface area contributed by atoms with Gasteiger partial charge in [0.2, 0.25) is 0 Å². The highest BCUT2D eigenvalue weighted by molar-refractivity contribution is 7.90. The Morgan fingerprint density at radius 2 is 1.73 bits per heavy atom. The van der Waals surface area contributed by atoms with Crippen molar-refractivity contribution >= 4 is 31.9 Å². The summed E-state index contributed by atoms with van der Waals surface area (Å²) in [6.07, 6.45) is 10.1. The van der Waals surface area contributed by atoms with Crippen LogP contribution in [0, 0.1) is 5.82 Å². The summed E-state index contributed by atoms with van der Waals surface area (Å²) in [7, 11) is -3.19. The van der Waals surface area contributed by atoms with Gasteiger partial charge in [-0.1, -0.05) is 13.0 Å². The molecule has 0 atom stereocenters. The summed E-state index contributed by atoms with van der Waals surface area (Å²) in [5.74, 6) is 0.00784. The molecular weight excluding hydrogens is 543 g/mol. The van der Waals surface area contributed by atoms with E-state index in [2.05, 4.69) is 48.4 Å². The van der Waals surface area contributed by atoms with E-state index in [9.17, 15) is 12.8 Å². The lowest BCUT2D eigenvalue weighted by Gasteiger charge is -2.07. The molecule has 5 heterocycles. The van der Waals surface area contributed by atoms with E-state index in [0.717, 1.165) is 35.2 Å². The second-order valence-corrected chi connectivity index (χ2v) is 12.2. The number of benzene rings is 1. The molecule has 0 saturated heterocycles. The van der Waals surface area contributed by atoms with Crippen molar-refractivity contribution in [1.82, 2.24) is 40.4 Å². The van der Waals surface area contributed by atoms with Crippen molar-refractivity contribution in [2.24, 2.45) is 0 Å². The van der Waals surface area contributed by atoms with E-state index in [-0.39, 0.29) is 12.2 Å². The Balaban J connectivity index is 1.39. The maximum absolute atomic E-state index is 14.6. The predicted molar refractivity (Wildman–Crippen MR) is 156 cm³/mol. The molecule has 10 nitrogen and oxygen atoms in total. The van der Waals surface area contributed by atoms with Gasteiger partial charge in [0.1, 0.15) is 21.3 Å². The number of hydrogen-bond donors (Lipinski definition) is 3. The molecule has 1 aromatic carbocycles. The van der Waals surface area contributed by atoms with Crippen molar-refractivity contribution in [3.05, 3.63) is 78.3 Å². The van der Waals surface area contributed by atoms with Crippen LogP contribution < -0.4 is 5.32 Å². The molecule has 6 rings (SSSR count). The molecule has 3 N–H and O–H groups in total. The van der Waals surface area contributed by atoms with Crippen LogP contribution in [0.3, 0.4) is 0 Å². The quantitative estimate of drug-likeness (QED) is 0.231. The number of aromatic amines is 2. The van der Waals surface area contributed by atoms with Crippen LogP contribution in [0.15, 0.2) is 61.3 Å². The number of rotatable bonds is 9. The summed E-state index contributed by atoms with van der Waals surface area (Å²) in [6, 6.07) is 8.61. The summed E-state index contributed by atoms with van der Waals surface area (Å²) in [5.41, 5.74) is 7.13. The fraction of sp³-hybridized carbons (Fsp3) is 0.207. The molecule has 0 aliphatic heterocycles. The monoisotopic (exact) mass is 570 g/mol. The molecule has 6 aromatic rings. The van der Waals surface area contributed by atoms with Gasteiger partial charge in [-0.25, -0.2) is 22.8 Å². The Hall–Kier alpha value is -4.55. The van der Waals surface area contributed by atoms with Gasteiger partial charge in [-0.05, 0) is 53.9 Å². The topological polar surface area (TPSA) is 142 Å². The maximum Gasteiger partial charge on any atom is 0.181 e. The van der Waals surface area contributed by atoms with Crippen LogP contribution in [0.4, 0.5) is 4.39 Å². The minimum atomic E-state index is -3.19. The summed E-state index contributed by atoms with van der Waals surface area (Å²) in [5, 5.41) is 11.5. The van der Waals surface area contributed by atoms with E-state index < -0.39 is 15.7 Å². The molecule has 0 aliphatic carbocycles. The first kappa shape index (κ1) is 26.7. The summed E-state index contributed by atoms with van der Waals surface area (Å²) in [6.45, 7) is 3.66. The third-order valence-corrected chi connectivity index (χ3v) is 7.72. The van der Waals surface area contributed by atoms with E-state index in [1.54, 1.807) is 30.9 Å². The second kappa shape index (κ2) is 10.8. The van der Waals surface area contributed by atoms with Gasteiger partial charge in [-0.3, -0.25) is 15.1 Å². The van der Waals surface area contributed by atoms with Crippen LogP contribution in [-0.4, -0.2) is 62.1 Å². The van der Waals surface area contributed by atoms with Gasteiger partial charge in [-0.15, -0.1) is 0 Å². The summed E-state index contributed by atoms with van der Waals surface area (Å²) >= 11 is 0. The molecular formula is C29H27FN8O2S. The average Bonchev–Trinajstić information content (AvgIpc) is 3.58. The summed E-state index contributed by atoms with van der Waals surface area (Å²) in [4.78, 5) is 21.4. The number of aryl methyl sites for hydroxylation is 1. The van der Waals surface area contributed by atoms with Gasteiger partial charge in [0.25, 0.3) is 0 Å². The van der Waals surface area contributed by atoms with Crippen molar-refractivity contribution in [3.63, 3.8) is 0 Å². The van der Waals surface area contributed by atoms with Gasteiger partial charge in [0.15, 0.2) is 11.5 Å². The highest BCUT2D eigenvalue weighted by atomic mass is 32.2. The minimum absolute atomic E-state index is 0.0657. The van der Waals surface area contributed by atoms with E-state index in [0.29, 0.717) is 44.9 Å². The molecule has 0 aliphatic rings. The molecule has 12 heteroatoms. The number of nitrogens with zero attached hydrogens (tertiary/aromatic N) is 5. The molecule has 5 aromatic heterocycles. The van der Waals surface area contributed by atoms with Crippen molar-refractivity contribution in [2.75, 3.05) is 18.6 Å². The van der Waals surface area contributed by atoms with Gasteiger partial charge in [0, 0.05) is 54.3 Å². The predicted octanol–water partition coefficient (Wildman–Crippen LogP) is 4.46. The first-order valence-electron chi connectivity index (χ1n) is 13.1. The Labute approximate surface area is 235 Å². The fourth-order valence-electron chi connectivity index (χ4n) is 4.77. The van der Waals surface area contributed by atoms with Gasteiger partial charge < -0.3 is 10.3 Å². The molecule has 0 fully saturated rings. The number of fused-ring (bicyclic) bond motifs is 2. The Morgan fingerprint density at radius 3 is 2.56 bits per heavy atom. The zero-order chi connectivity index (χ0) is 28.6. The maximum atomic E-state index is 14.6. The number of aromatic nitrogens is 7. The standard InChI is InChI=1S/C29H27FN8O2S/c1-3-31-11-18-7-20(13-32-12-18)21-10-23-27(37-38-28(23)34-14-21)29-35-25-16-33-15-24(26(25)36-29)19-6-17(8-22(30)9-19)4-5-41(2,39)40/h6-10,12-16,31H,3-5,11H2,1-2H3,(H,35,36)(H,34,37,38). The number of pyridine rings is 3. The van der Waals surface area contributed by atoms with Crippen LogP contribution in [0.5, 0.6) is 0 Å². The van der Waals surface area contributed by atoms with Gasteiger partial charge >= 0.3 is 0 Å². The van der Waals surface area contributed by atoms with Crippen LogP contribution in [0.2, 0.25) is 0 Å². The van der Waals surface area contributed by atoms with E-state index in [1.165, 1.54) is 18.4 Å². The average molecular weight is 571 g/mol.